The summed E-state index contributed by atoms with van der Waals surface area (Å²) in [6.07, 6.45) is 7.70. The van der Waals surface area contributed by atoms with Gasteiger partial charge in [-0.1, -0.05) is 48.3 Å². The van der Waals surface area contributed by atoms with Gasteiger partial charge in [0.15, 0.2) is 0 Å². The molecule has 0 atom stereocenters. The first-order chi connectivity index (χ1) is 9.24. The highest BCUT2D eigenvalue weighted by Crippen LogP contribution is 2.34. The minimum absolute atomic E-state index is 0.754. The summed E-state index contributed by atoms with van der Waals surface area (Å²) >= 11 is 3.74. The van der Waals surface area contributed by atoms with E-state index in [0.717, 1.165) is 18.5 Å². The van der Waals surface area contributed by atoms with Crippen molar-refractivity contribution in [1.29, 1.82) is 0 Å². The van der Waals surface area contributed by atoms with E-state index in [-0.39, 0.29) is 0 Å². The van der Waals surface area contributed by atoms with Crippen LogP contribution in [0.5, 0.6) is 0 Å². The lowest BCUT2D eigenvalue weighted by molar-refractivity contribution is 0.348. The summed E-state index contributed by atoms with van der Waals surface area (Å²) in [6, 6.07) is 7.79. The van der Waals surface area contributed by atoms with Gasteiger partial charge in [0.2, 0.25) is 0 Å². The number of nitrogens with one attached hydrogen (secondary N) is 1. The summed E-state index contributed by atoms with van der Waals surface area (Å²) < 4.78 is 1.31. The van der Waals surface area contributed by atoms with Crippen molar-refractivity contribution in [2.45, 2.75) is 64.3 Å². The van der Waals surface area contributed by atoms with E-state index in [1.807, 2.05) is 0 Å². The zero-order valence-corrected chi connectivity index (χ0v) is 13.8. The molecular formula is C17H26BrN. The van der Waals surface area contributed by atoms with Gasteiger partial charge in [0.1, 0.15) is 0 Å². The van der Waals surface area contributed by atoms with Crippen molar-refractivity contribution in [3.8, 4) is 0 Å². The van der Waals surface area contributed by atoms with E-state index >= 15 is 0 Å². The number of hydrogen-bond acceptors (Lipinski definition) is 1. The molecule has 0 heterocycles. The second-order valence-electron chi connectivity index (χ2n) is 5.71. The second-order valence-corrected chi connectivity index (χ2v) is 6.56. The SMILES string of the molecule is CCCc1ccc(C2CCC(NCC)CC2)cc1Br. The molecule has 0 radical (unpaired) electrons. The Kier molecular flexibility index (Phi) is 5.90. The van der Waals surface area contributed by atoms with Crippen molar-refractivity contribution in [2.75, 3.05) is 6.54 Å². The highest BCUT2D eigenvalue weighted by Gasteiger charge is 2.21. The third-order valence-corrected chi connectivity index (χ3v) is 5.03. The highest BCUT2D eigenvalue weighted by molar-refractivity contribution is 9.10. The van der Waals surface area contributed by atoms with E-state index in [9.17, 15) is 0 Å². The predicted molar refractivity (Wildman–Crippen MR) is 86.8 cm³/mol. The maximum atomic E-state index is 3.74. The molecular weight excluding hydrogens is 298 g/mol. The fourth-order valence-corrected chi connectivity index (χ4v) is 3.80. The van der Waals surface area contributed by atoms with Crippen molar-refractivity contribution in [2.24, 2.45) is 0 Å². The van der Waals surface area contributed by atoms with Crippen LogP contribution in [0.15, 0.2) is 22.7 Å². The minimum Gasteiger partial charge on any atom is -0.314 e. The van der Waals surface area contributed by atoms with Gasteiger partial charge in [-0.3, -0.25) is 0 Å². The monoisotopic (exact) mass is 323 g/mol. The Bertz CT molecular complexity index is 394. The Labute approximate surface area is 126 Å². The standard InChI is InChI=1S/C17H26BrN/c1-3-5-14-6-7-15(12-17(14)18)13-8-10-16(11-9-13)19-4-2/h6-7,12-13,16,19H,3-5,8-11H2,1-2H3. The van der Waals surface area contributed by atoms with Crippen molar-refractivity contribution < 1.29 is 0 Å². The number of rotatable bonds is 5. The first-order valence-corrected chi connectivity index (χ1v) is 8.55. The number of hydrogen-bond donors (Lipinski definition) is 1. The van der Waals surface area contributed by atoms with Gasteiger partial charge in [-0.25, -0.2) is 0 Å². The smallest absolute Gasteiger partial charge is 0.0210 e. The Morgan fingerprint density at radius 1 is 1.16 bits per heavy atom. The molecule has 0 aliphatic heterocycles. The molecule has 2 heteroatoms. The second kappa shape index (κ2) is 7.44. The molecule has 2 rings (SSSR count). The first-order valence-electron chi connectivity index (χ1n) is 7.76. The largest absolute Gasteiger partial charge is 0.314 e. The van der Waals surface area contributed by atoms with Crippen LogP contribution in [-0.2, 0) is 6.42 Å². The van der Waals surface area contributed by atoms with Crippen LogP contribution in [-0.4, -0.2) is 12.6 Å². The fraction of sp³-hybridized carbons (Fsp3) is 0.647. The summed E-state index contributed by atoms with van der Waals surface area (Å²) in [6.45, 7) is 5.55. The van der Waals surface area contributed by atoms with Crippen LogP contribution in [0.25, 0.3) is 0 Å². The number of aryl methyl sites for hydroxylation is 1. The molecule has 19 heavy (non-hydrogen) atoms. The molecule has 1 aromatic rings. The Morgan fingerprint density at radius 3 is 2.47 bits per heavy atom. The Hall–Kier alpha value is -0.340. The maximum Gasteiger partial charge on any atom is 0.0210 e. The van der Waals surface area contributed by atoms with Gasteiger partial charge in [-0.2, -0.15) is 0 Å². The first kappa shape index (κ1) is 15.1. The van der Waals surface area contributed by atoms with E-state index in [2.05, 4.69) is 53.3 Å². The van der Waals surface area contributed by atoms with Gasteiger partial charge < -0.3 is 5.32 Å². The summed E-state index contributed by atoms with van der Waals surface area (Å²) in [5.74, 6) is 0.766. The van der Waals surface area contributed by atoms with Crippen LogP contribution in [0.3, 0.4) is 0 Å². The van der Waals surface area contributed by atoms with Gasteiger partial charge in [0, 0.05) is 10.5 Å². The highest BCUT2D eigenvalue weighted by atomic mass is 79.9. The van der Waals surface area contributed by atoms with Crippen molar-refractivity contribution >= 4 is 15.9 Å². The molecule has 0 saturated heterocycles. The number of benzene rings is 1. The van der Waals surface area contributed by atoms with Gasteiger partial charge in [-0.15, -0.1) is 0 Å². The summed E-state index contributed by atoms with van der Waals surface area (Å²) in [4.78, 5) is 0. The quantitative estimate of drug-likeness (QED) is 0.800. The van der Waals surface area contributed by atoms with Crippen LogP contribution in [0.1, 0.15) is 63.0 Å². The molecule has 1 saturated carbocycles. The zero-order valence-electron chi connectivity index (χ0n) is 12.2. The molecule has 1 aliphatic carbocycles. The van der Waals surface area contributed by atoms with Crippen LogP contribution in [0, 0.1) is 0 Å². The minimum atomic E-state index is 0.754. The third-order valence-electron chi connectivity index (χ3n) is 4.29. The summed E-state index contributed by atoms with van der Waals surface area (Å²) in [7, 11) is 0. The Morgan fingerprint density at radius 2 is 1.89 bits per heavy atom. The van der Waals surface area contributed by atoms with Gasteiger partial charge >= 0.3 is 0 Å². The average Bonchev–Trinajstić information content (AvgIpc) is 2.43. The summed E-state index contributed by atoms with van der Waals surface area (Å²) in [5.41, 5.74) is 2.98. The van der Waals surface area contributed by atoms with E-state index in [4.69, 9.17) is 0 Å². The normalized spacial score (nSPS) is 23.5. The molecule has 0 unspecified atom stereocenters. The van der Waals surface area contributed by atoms with Gasteiger partial charge in [-0.05, 0) is 61.8 Å². The molecule has 1 nitrogen and oxygen atoms in total. The molecule has 1 aromatic carbocycles. The molecule has 0 aromatic heterocycles. The molecule has 1 aliphatic rings. The Balaban J connectivity index is 1.97. The lowest BCUT2D eigenvalue weighted by Crippen LogP contribution is -2.32. The van der Waals surface area contributed by atoms with E-state index in [0.29, 0.717) is 0 Å². The molecule has 0 spiro atoms. The average molecular weight is 324 g/mol. The van der Waals surface area contributed by atoms with E-state index in [1.54, 1.807) is 0 Å². The van der Waals surface area contributed by atoms with Crippen molar-refractivity contribution in [1.82, 2.24) is 5.32 Å². The van der Waals surface area contributed by atoms with Gasteiger partial charge in [0.05, 0.1) is 0 Å². The van der Waals surface area contributed by atoms with Crippen molar-refractivity contribution in [3.05, 3.63) is 33.8 Å². The van der Waals surface area contributed by atoms with Crippen LogP contribution < -0.4 is 5.32 Å². The number of halogens is 1. The van der Waals surface area contributed by atoms with Crippen LogP contribution in [0.2, 0.25) is 0 Å². The summed E-state index contributed by atoms with van der Waals surface area (Å²) in [5, 5.41) is 3.58. The maximum absolute atomic E-state index is 3.74. The van der Waals surface area contributed by atoms with E-state index in [1.165, 1.54) is 54.1 Å². The molecule has 1 fully saturated rings. The van der Waals surface area contributed by atoms with Gasteiger partial charge in [0.25, 0.3) is 0 Å². The lowest BCUT2D eigenvalue weighted by atomic mass is 9.81. The van der Waals surface area contributed by atoms with Crippen molar-refractivity contribution in [3.63, 3.8) is 0 Å². The molecule has 1 N–H and O–H groups in total. The zero-order chi connectivity index (χ0) is 13.7. The molecule has 0 amide bonds. The predicted octanol–water partition coefficient (Wildman–Crippen LogP) is 5.04. The van der Waals surface area contributed by atoms with Crippen LogP contribution in [0.4, 0.5) is 0 Å². The third kappa shape index (κ3) is 4.06. The fourth-order valence-electron chi connectivity index (χ4n) is 3.21. The molecule has 0 bridgehead atoms. The van der Waals surface area contributed by atoms with Crippen LogP contribution >= 0.6 is 15.9 Å². The molecule has 106 valence electrons. The van der Waals surface area contributed by atoms with E-state index < -0.39 is 0 Å². The lowest BCUT2D eigenvalue weighted by Gasteiger charge is -2.29. The topological polar surface area (TPSA) is 12.0 Å².